The molecule has 0 aliphatic rings. The minimum Gasteiger partial charge on any atom is -0.378 e. The molecule has 4 aromatic rings. The molecule has 7 nitrogen and oxygen atoms in total. The Morgan fingerprint density at radius 3 is 2.78 bits per heavy atom. The summed E-state index contributed by atoms with van der Waals surface area (Å²) >= 11 is 6.09. The Bertz CT molecular complexity index is 1270. The van der Waals surface area contributed by atoms with Gasteiger partial charge in [0.15, 0.2) is 5.82 Å². The van der Waals surface area contributed by atoms with E-state index in [2.05, 4.69) is 15.5 Å². The summed E-state index contributed by atoms with van der Waals surface area (Å²) in [6, 6.07) is 14.6. The molecule has 134 valence electrons. The van der Waals surface area contributed by atoms with Crippen molar-refractivity contribution in [3.63, 3.8) is 0 Å². The number of halogens is 1. The summed E-state index contributed by atoms with van der Waals surface area (Å²) in [5.41, 5.74) is 1.88. The summed E-state index contributed by atoms with van der Waals surface area (Å²) in [6.07, 6.45) is 0. The maximum Gasteiger partial charge on any atom is 0.262 e. The van der Waals surface area contributed by atoms with E-state index in [9.17, 15) is 4.79 Å². The van der Waals surface area contributed by atoms with Crippen molar-refractivity contribution in [3.8, 4) is 6.07 Å². The Morgan fingerprint density at radius 1 is 1.22 bits per heavy atom. The molecule has 0 bridgehead atoms. The maximum atomic E-state index is 12.7. The predicted molar refractivity (Wildman–Crippen MR) is 104 cm³/mol. The Labute approximate surface area is 159 Å². The smallest absolute Gasteiger partial charge is 0.262 e. The molecule has 4 rings (SSSR count). The highest BCUT2D eigenvalue weighted by Crippen LogP contribution is 2.21. The second kappa shape index (κ2) is 6.74. The van der Waals surface area contributed by atoms with Crippen LogP contribution in [0.15, 0.2) is 47.3 Å². The molecule has 0 fully saturated rings. The summed E-state index contributed by atoms with van der Waals surface area (Å²) in [6.45, 7) is 2.79. The van der Waals surface area contributed by atoms with Crippen LogP contribution in [0.2, 0.25) is 5.02 Å². The van der Waals surface area contributed by atoms with E-state index in [0.29, 0.717) is 40.7 Å². The fourth-order valence-corrected chi connectivity index (χ4v) is 3.33. The summed E-state index contributed by atoms with van der Waals surface area (Å²) in [4.78, 5) is 12.7. The lowest BCUT2D eigenvalue weighted by Crippen LogP contribution is -2.22. The van der Waals surface area contributed by atoms with Gasteiger partial charge in [0.2, 0.25) is 5.78 Å². The molecular formula is C19H15ClN6O. The number of fused-ring (bicyclic) bond motifs is 3. The Balaban J connectivity index is 1.79. The highest BCUT2D eigenvalue weighted by molar-refractivity contribution is 6.32. The normalized spacial score (nSPS) is 11.0. The molecule has 0 amide bonds. The zero-order valence-electron chi connectivity index (χ0n) is 14.5. The molecule has 2 heterocycles. The van der Waals surface area contributed by atoms with Gasteiger partial charge in [0.05, 0.1) is 28.0 Å². The molecule has 2 aromatic carbocycles. The average Bonchev–Trinajstić information content (AvgIpc) is 3.11. The summed E-state index contributed by atoms with van der Waals surface area (Å²) in [7, 11) is 0. The zero-order valence-corrected chi connectivity index (χ0v) is 15.2. The van der Waals surface area contributed by atoms with Crippen LogP contribution in [0.4, 0.5) is 5.69 Å². The number of rotatable bonds is 4. The second-order valence-corrected chi connectivity index (χ2v) is 6.39. The van der Waals surface area contributed by atoms with Crippen molar-refractivity contribution in [2.45, 2.75) is 20.0 Å². The number of para-hydroxylation sites is 1. The van der Waals surface area contributed by atoms with Crippen LogP contribution in [0, 0.1) is 11.3 Å². The lowest BCUT2D eigenvalue weighted by molar-refractivity contribution is 0.734. The van der Waals surface area contributed by atoms with Gasteiger partial charge in [-0.2, -0.15) is 5.26 Å². The van der Waals surface area contributed by atoms with Crippen molar-refractivity contribution in [2.75, 3.05) is 5.32 Å². The molecule has 0 radical (unpaired) electrons. The number of nitrogens with one attached hydrogen (secondary N) is 1. The first kappa shape index (κ1) is 17.1. The van der Waals surface area contributed by atoms with Crippen molar-refractivity contribution >= 4 is 34.0 Å². The Morgan fingerprint density at radius 2 is 2.04 bits per heavy atom. The molecule has 8 heteroatoms. The van der Waals surface area contributed by atoms with Crippen LogP contribution in [0.3, 0.4) is 0 Å². The first-order chi connectivity index (χ1) is 13.1. The minimum absolute atomic E-state index is 0.0774. The number of nitriles is 1. The van der Waals surface area contributed by atoms with Crippen molar-refractivity contribution in [1.29, 1.82) is 5.26 Å². The molecule has 0 atom stereocenters. The highest BCUT2D eigenvalue weighted by Gasteiger charge is 2.15. The number of hydrogen-bond donors (Lipinski definition) is 1. The topological polar surface area (TPSA) is 88.0 Å². The van der Waals surface area contributed by atoms with Crippen LogP contribution in [0.25, 0.3) is 16.7 Å². The van der Waals surface area contributed by atoms with Gasteiger partial charge in [-0.1, -0.05) is 23.7 Å². The summed E-state index contributed by atoms with van der Waals surface area (Å²) in [5, 5.41) is 21.7. The summed E-state index contributed by atoms with van der Waals surface area (Å²) in [5.74, 6) is 1.18. The quantitative estimate of drug-likeness (QED) is 0.589. The van der Waals surface area contributed by atoms with Gasteiger partial charge in [0, 0.05) is 12.2 Å². The van der Waals surface area contributed by atoms with E-state index < -0.39 is 0 Å². The van der Waals surface area contributed by atoms with Crippen LogP contribution < -0.4 is 10.9 Å². The SMILES string of the molecule is CCn1c(=O)c2ccccc2n2c(CNc3ccc(C#N)c(Cl)c3)nnc12. The third-order valence-corrected chi connectivity index (χ3v) is 4.74. The molecule has 0 unspecified atom stereocenters. The number of aryl methyl sites for hydroxylation is 1. The van der Waals surface area contributed by atoms with Crippen molar-refractivity contribution in [2.24, 2.45) is 0 Å². The lowest BCUT2D eigenvalue weighted by Gasteiger charge is -2.10. The van der Waals surface area contributed by atoms with E-state index in [0.717, 1.165) is 11.2 Å². The van der Waals surface area contributed by atoms with Crippen LogP contribution >= 0.6 is 11.6 Å². The van der Waals surface area contributed by atoms with Gasteiger partial charge in [-0.25, -0.2) is 0 Å². The number of nitrogens with zero attached hydrogens (tertiary/aromatic N) is 5. The molecule has 0 saturated heterocycles. The van der Waals surface area contributed by atoms with Crippen LogP contribution in [0.5, 0.6) is 0 Å². The predicted octanol–water partition coefficient (Wildman–Crippen LogP) is 3.20. The van der Waals surface area contributed by atoms with Gasteiger partial charge in [0.25, 0.3) is 5.56 Å². The van der Waals surface area contributed by atoms with E-state index in [1.165, 1.54) is 0 Å². The van der Waals surface area contributed by atoms with Gasteiger partial charge >= 0.3 is 0 Å². The molecule has 0 aliphatic carbocycles. The van der Waals surface area contributed by atoms with E-state index in [1.807, 2.05) is 35.6 Å². The van der Waals surface area contributed by atoms with Gasteiger partial charge in [-0.05, 0) is 37.3 Å². The second-order valence-electron chi connectivity index (χ2n) is 5.98. The molecule has 0 saturated carbocycles. The molecule has 27 heavy (non-hydrogen) atoms. The van der Waals surface area contributed by atoms with E-state index >= 15 is 0 Å². The number of hydrogen-bond acceptors (Lipinski definition) is 5. The average molecular weight is 379 g/mol. The number of anilines is 1. The summed E-state index contributed by atoms with van der Waals surface area (Å²) < 4.78 is 3.50. The van der Waals surface area contributed by atoms with Crippen molar-refractivity contribution < 1.29 is 0 Å². The first-order valence-corrected chi connectivity index (χ1v) is 8.81. The molecule has 1 N–H and O–H groups in total. The molecule has 2 aromatic heterocycles. The third kappa shape index (κ3) is 2.80. The van der Waals surface area contributed by atoms with Crippen LogP contribution in [-0.4, -0.2) is 19.2 Å². The first-order valence-electron chi connectivity index (χ1n) is 8.43. The lowest BCUT2D eigenvalue weighted by atomic mass is 10.2. The van der Waals surface area contributed by atoms with Crippen molar-refractivity contribution in [3.05, 3.63) is 69.2 Å². The highest BCUT2D eigenvalue weighted by atomic mass is 35.5. The monoisotopic (exact) mass is 378 g/mol. The van der Waals surface area contributed by atoms with E-state index in [1.54, 1.807) is 28.8 Å². The largest absolute Gasteiger partial charge is 0.378 e. The van der Waals surface area contributed by atoms with Gasteiger partial charge < -0.3 is 5.32 Å². The van der Waals surface area contributed by atoms with Gasteiger partial charge in [-0.15, -0.1) is 10.2 Å². The van der Waals surface area contributed by atoms with Crippen LogP contribution in [0.1, 0.15) is 18.3 Å². The number of aromatic nitrogens is 4. The van der Waals surface area contributed by atoms with E-state index in [-0.39, 0.29) is 5.56 Å². The minimum atomic E-state index is -0.0774. The fourth-order valence-electron chi connectivity index (χ4n) is 3.11. The zero-order chi connectivity index (χ0) is 19.0. The standard InChI is InChI=1S/C19H15ClN6O/c1-2-25-18(27)14-5-3-4-6-16(14)26-17(23-24-19(25)26)11-22-13-8-7-12(10-21)15(20)9-13/h3-9,22H,2,11H2,1H3. The number of benzene rings is 2. The fraction of sp³-hybridized carbons (Fsp3) is 0.158. The molecule has 0 aliphatic heterocycles. The Kier molecular flexibility index (Phi) is 4.26. The van der Waals surface area contributed by atoms with Crippen LogP contribution in [-0.2, 0) is 13.1 Å². The van der Waals surface area contributed by atoms with Crippen molar-refractivity contribution in [1.82, 2.24) is 19.2 Å². The maximum absolute atomic E-state index is 12.7. The van der Waals surface area contributed by atoms with Gasteiger partial charge in [-0.3, -0.25) is 13.8 Å². The third-order valence-electron chi connectivity index (χ3n) is 4.43. The Hall–Kier alpha value is -3.37. The van der Waals surface area contributed by atoms with E-state index in [4.69, 9.17) is 16.9 Å². The molecular weight excluding hydrogens is 364 g/mol. The van der Waals surface area contributed by atoms with Gasteiger partial charge in [0.1, 0.15) is 6.07 Å². The molecule has 0 spiro atoms.